The largest absolute Gasteiger partial charge is 0.495 e. The Morgan fingerprint density at radius 3 is 2.59 bits per heavy atom. The molecule has 3 aromatic carbocycles. The monoisotopic (exact) mass is 470 g/mol. The molecule has 1 atom stereocenters. The molecule has 3 aromatic rings. The van der Waals surface area contributed by atoms with Gasteiger partial charge in [0.1, 0.15) is 17.6 Å². The van der Waals surface area contributed by atoms with Crippen LogP contribution >= 0.6 is 11.8 Å². The van der Waals surface area contributed by atoms with Gasteiger partial charge in [-0.05, 0) is 29.8 Å². The number of anilines is 1. The molecule has 0 fully saturated rings. The van der Waals surface area contributed by atoms with Crippen molar-refractivity contribution in [3.8, 4) is 5.75 Å². The molecule has 0 saturated heterocycles. The number of thioether (sulfide) groups is 1. The SMILES string of the molecule is COc1ccccc1NC(=O)CSC1=Nc2ccccc2C2=N[C@@H](Cc3ccccc3)C(=O)N12. The number of nitrogens with one attached hydrogen (secondary N) is 1. The maximum absolute atomic E-state index is 13.4. The highest BCUT2D eigenvalue weighted by Gasteiger charge is 2.41. The highest BCUT2D eigenvalue weighted by molar-refractivity contribution is 8.14. The molecule has 5 rings (SSSR count). The molecule has 7 nitrogen and oxygen atoms in total. The first kappa shape index (κ1) is 21.9. The van der Waals surface area contributed by atoms with Gasteiger partial charge >= 0.3 is 0 Å². The predicted molar refractivity (Wildman–Crippen MR) is 135 cm³/mol. The number of methoxy groups -OCH3 is 1. The summed E-state index contributed by atoms with van der Waals surface area (Å²) in [6.45, 7) is 0. The maximum atomic E-state index is 13.4. The molecule has 170 valence electrons. The van der Waals surface area contributed by atoms with Gasteiger partial charge in [0.25, 0.3) is 5.91 Å². The van der Waals surface area contributed by atoms with E-state index in [-0.39, 0.29) is 17.6 Å². The summed E-state index contributed by atoms with van der Waals surface area (Å²) >= 11 is 1.21. The van der Waals surface area contributed by atoms with Crippen molar-refractivity contribution in [3.63, 3.8) is 0 Å². The van der Waals surface area contributed by atoms with E-state index in [1.807, 2.05) is 66.7 Å². The van der Waals surface area contributed by atoms with Crippen molar-refractivity contribution in [1.82, 2.24) is 4.90 Å². The van der Waals surface area contributed by atoms with Crippen LogP contribution in [0.2, 0.25) is 0 Å². The lowest BCUT2D eigenvalue weighted by atomic mass is 10.1. The van der Waals surface area contributed by atoms with Crippen LogP contribution in [-0.2, 0) is 16.0 Å². The summed E-state index contributed by atoms with van der Waals surface area (Å²) in [4.78, 5) is 37.1. The van der Waals surface area contributed by atoms with E-state index in [9.17, 15) is 9.59 Å². The Kier molecular flexibility index (Phi) is 6.14. The van der Waals surface area contributed by atoms with Gasteiger partial charge < -0.3 is 10.1 Å². The van der Waals surface area contributed by atoms with Gasteiger partial charge in [-0.1, -0.05) is 66.4 Å². The number of carbonyl (C=O) groups excluding carboxylic acids is 2. The van der Waals surface area contributed by atoms with E-state index in [1.54, 1.807) is 24.1 Å². The Balaban J connectivity index is 1.36. The molecular weight excluding hydrogens is 448 g/mol. The van der Waals surface area contributed by atoms with Gasteiger partial charge in [-0.25, -0.2) is 9.89 Å². The van der Waals surface area contributed by atoms with Crippen LogP contribution in [-0.4, -0.2) is 46.6 Å². The molecule has 34 heavy (non-hydrogen) atoms. The number of amidine groups is 2. The molecule has 1 N–H and O–H groups in total. The first-order valence-corrected chi connectivity index (χ1v) is 11.8. The number of ether oxygens (including phenoxy) is 1. The lowest BCUT2D eigenvalue weighted by Crippen LogP contribution is -2.41. The minimum absolute atomic E-state index is 0.0828. The van der Waals surface area contributed by atoms with E-state index >= 15 is 0 Å². The Morgan fingerprint density at radius 2 is 1.76 bits per heavy atom. The van der Waals surface area contributed by atoms with Crippen LogP contribution in [0.1, 0.15) is 11.1 Å². The highest BCUT2D eigenvalue weighted by Crippen LogP contribution is 2.34. The Hall–Kier alpha value is -3.91. The van der Waals surface area contributed by atoms with E-state index in [4.69, 9.17) is 14.7 Å². The second-order valence-corrected chi connectivity index (χ2v) is 8.72. The Labute approximate surface area is 201 Å². The summed E-state index contributed by atoms with van der Waals surface area (Å²) in [6.07, 6.45) is 0.508. The van der Waals surface area contributed by atoms with Gasteiger partial charge in [-0.15, -0.1) is 0 Å². The molecule has 0 bridgehead atoms. The number of aliphatic imine (C=N–C) groups is 2. The number of nitrogens with zero attached hydrogens (tertiary/aromatic N) is 3. The molecule has 0 saturated carbocycles. The molecule has 0 spiro atoms. The molecule has 2 heterocycles. The summed E-state index contributed by atoms with van der Waals surface area (Å²) in [5.74, 6) is 0.896. The van der Waals surface area contributed by atoms with Crippen molar-refractivity contribution in [2.45, 2.75) is 12.5 Å². The van der Waals surface area contributed by atoms with Crippen LogP contribution in [0.15, 0.2) is 88.8 Å². The van der Waals surface area contributed by atoms with E-state index in [1.165, 1.54) is 11.8 Å². The average molecular weight is 471 g/mol. The van der Waals surface area contributed by atoms with Crippen LogP contribution in [0.25, 0.3) is 0 Å². The molecule has 0 radical (unpaired) electrons. The second-order valence-electron chi connectivity index (χ2n) is 7.78. The van der Waals surface area contributed by atoms with Gasteiger partial charge in [0.15, 0.2) is 5.17 Å². The minimum atomic E-state index is -0.531. The summed E-state index contributed by atoms with van der Waals surface area (Å²) in [6, 6.07) is 24.1. The summed E-state index contributed by atoms with van der Waals surface area (Å²) < 4.78 is 5.30. The molecule has 2 amide bonds. The van der Waals surface area contributed by atoms with Crippen molar-refractivity contribution < 1.29 is 14.3 Å². The minimum Gasteiger partial charge on any atom is -0.495 e. The fraction of sp³-hybridized carbons (Fsp3) is 0.154. The zero-order valence-electron chi connectivity index (χ0n) is 18.5. The van der Waals surface area contributed by atoms with Crippen molar-refractivity contribution >= 4 is 46.0 Å². The molecule has 8 heteroatoms. The first-order valence-electron chi connectivity index (χ1n) is 10.8. The number of hydrogen-bond donors (Lipinski definition) is 1. The van der Waals surface area contributed by atoms with Gasteiger partial charge in [0, 0.05) is 12.0 Å². The van der Waals surface area contributed by atoms with Crippen molar-refractivity contribution in [3.05, 3.63) is 90.0 Å². The molecule has 0 unspecified atom stereocenters. The van der Waals surface area contributed by atoms with E-state index in [0.717, 1.165) is 16.8 Å². The zero-order valence-corrected chi connectivity index (χ0v) is 19.3. The summed E-state index contributed by atoms with van der Waals surface area (Å²) in [7, 11) is 1.56. The second kappa shape index (κ2) is 9.52. The van der Waals surface area contributed by atoms with Crippen LogP contribution in [0.3, 0.4) is 0 Å². The lowest BCUT2D eigenvalue weighted by Gasteiger charge is -2.25. The molecule has 2 aliphatic heterocycles. The smallest absolute Gasteiger partial charge is 0.259 e. The van der Waals surface area contributed by atoms with Gasteiger partial charge in [0.2, 0.25) is 5.91 Å². The number of para-hydroxylation sites is 3. The van der Waals surface area contributed by atoms with Crippen LogP contribution in [0.4, 0.5) is 11.4 Å². The molecular formula is C26H22N4O3S. The predicted octanol–water partition coefficient (Wildman–Crippen LogP) is 4.27. The maximum Gasteiger partial charge on any atom is 0.259 e. The third-order valence-corrected chi connectivity index (χ3v) is 6.47. The topological polar surface area (TPSA) is 83.4 Å². The van der Waals surface area contributed by atoms with E-state index < -0.39 is 6.04 Å². The molecule has 0 aromatic heterocycles. The van der Waals surface area contributed by atoms with Crippen LogP contribution in [0, 0.1) is 0 Å². The molecule has 2 aliphatic rings. The van der Waals surface area contributed by atoms with Gasteiger partial charge in [-0.2, -0.15) is 0 Å². The summed E-state index contributed by atoms with van der Waals surface area (Å²) in [5.41, 5.74) is 3.18. The number of fused-ring (bicyclic) bond motifs is 3. The van der Waals surface area contributed by atoms with Crippen molar-refractivity contribution in [2.24, 2.45) is 9.98 Å². The lowest BCUT2D eigenvalue weighted by molar-refractivity contribution is -0.124. The number of hydrogen-bond acceptors (Lipinski definition) is 6. The Bertz CT molecular complexity index is 1310. The van der Waals surface area contributed by atoms with E-state index in [2.05, 4.69) is 5.32 Å². The number of amides is 2. The van der Waals surface area contributed by atoms with Crippen molar-refractivity contribution in [1.29, 1.82) is 0 Å². The number of rotatable bonds is 6. The number of benzene rings is 3. The standard InChI is InChI=1S/C26H22N4O3S/c1-33-22-14-8-7-13-20(22)27-23(31)16-34-26-29-19-12-6-5-11-18(19)24-28-21(25(32)30(24)26)15-17-9-3-2-4-10-17/h2-14,21H,15-16H2,1H3,(H,27,31)/t21-/m0/s1. The fourth-order valence-electron chi connectivity index (χ4n) is 3.93. The van der Waals surface area contributed by atoms with Gasteiger partial charge in [-0.3, -0.25) is 14.6 Å². The third-order valence-electron chi connectivity index (χ3n) is 5.53. The first-order chi connectivity index (χ1) is 16.6. The zero-order chi connectivity index (χ0) is 23.5. The van der Waals surface area contributed by atoms with Crippen LogP contribution < -0.4 is 10.1 Å². The Morgan fingerprint density at radius 1 is 1.03 bits per heavy atom. The van der Waals surface area contributed by atoms with E-state index in [0.29, 0.717) is 28.9 Å². The highest BCUT2D eigenvalue weighted by atomic mass is 32.2. The normalized spacial score (nSPS) is 16.3. The van der Waals surface area contributed by atoms with Gasteiger partial charge in [0.05, 0.1) is 24.2 Å². The number of carbonyl (C=O) groups is 2. The van der Waals surface area contributed by atoms with Crippen LogP contribution in [0.5, 0.6) is 5.75 Å². The molecule has 0 aliphatic carbocycles. The summed E-state index contributed by atoms with van der Waals surface area (Å²) in [5, 5.41) is 3.31. The third kappa shape index (κ3) is 4.32. The fourth-order valence-corrected chi connectivity index (χ4v) is 4.73. The van der Waals surface area contributed by atoms with Crippen molar-refractivity contribution in [2.75, 3.05) is 18.2 Å². The average Bonchev–Trinajstić information content (AvgIpc) is 3.19. The quantitative estimate of drug-likeness (QED) is 0.583.